The third-order valence-corrected chi connectivity index (χ3v) is 2.45. The highest BCUT2D eigenvalue weighted by atomic mass is 19.3. The number of pyridine rings is 1. The number of aliphatic imine (C=N–C) groups is 1. The van der Waals surface area contributed by atoms with Crippen molar-refractivity contribution in [2.24, 2.45) is 4.99 Å². The van der Waals surface area contributed by atoms with E-state index in [9.17, 15) is 8.78 Å². The van der Waals surface area contributed by atoms with E-state index in [-0.39, 0.29) is 11.6 Å². The van der Waals surface area contributed by atoms with E-state index in [1.165, 1.54) is 12.3 Å². The quantitative estimate of drug-likeness (QED) is 0.647. The summed E-state index contributed by atoms with van der Waals surface area (Å²) in [4.78, 5) is 8.08. The van der Waals surface area contributed by atoms with Gasteiger partial charge in [-0.15, -0.1) is 0 Å². The minimum Gasteiger partial charge on any atom is -0.374 e. The molecule has 0 amide bonds. The maximum Gasteiger partial charge on any atom is 0.272 e. The summed E-state index contributed by atoms with van der Waals surface area (Å²) in [7, 11) is 0. The van der Waals surface area contributed by atoms with E-state index < -0.39 is 5.92 Å². The number of aromatic nitrogens is 1. The van der Waals surface area contributed by atoms with Crippen molar-refractivity contribution in [1.82, 2.24) is 10.3 Å². The summed E-state index contributed by atoms with van der Waals surface area (Å²) >= 11 is 0. The van der Waals surface area contributed by atoms with Crippen LogP contribution in [0.5, 0.6) is 0 Å². The molecule has 0 aromatic carbocycles. The summed E-state index contributed by atoms with van der Waals surface area (Å²) in [6.07, 6.45) is 4.35. The summed E-state index contributed by atoms with van der Waals surface area (Å²) in [5.41, 5.74) is 0.592. The lowest BCUT2D eigenvalue weighted by Gasteiger charge is -2.13. The SMILES string of the molecule is CC(C)NC=NC(C)c1cncc(C(C)(F)F)c1. The van der Waals surface area contributed by atoms with Gasteiger partial charge < -0.3 is 5.32 Å². The molecule has 0 saturated carbocycles. The second-order valence-corrected chi connectivity index (χ2v) is 4.67. The molecule has 0 aliphatic heterocycles. The summed E-state index contributed by atoms with van der Waals surface area (Å²) in [6.45, 7) is 6.70. The Morgan fingerprint density at radius 2 is 2.00 bits per heavy atom. The molecule has 1 heterocycles. The highest BCUT2D eigenvalue weighted by Gasteiger charge is 2.25. The lowest BCUT2D eigenvalue weighted by molar-refractivity contribution is 0.0170. The topological polar surface area (TPSA) is 37.3 Å². The number of nitrogens with zero attached hydrogens (tertiary/aromatic N) is 2. The van der Waals surface area contributed by atoms with Gasteiger partial charge in [-0.2, -0.15) is 0 Å². The highest BCUT2D eigenvalue weighted by Crippen LogP contribution is 2.28. The zero-order chi connectivity index (χ0) is 13.8. The molecule has 5 heteroatoms. The molecule has 1 N–H and O–H groups in total. The molecule has 1 atom stereocenters. The van der Waals surface area contributed by atoms with Crippen LogP contribution in [0.25, 0.3) is 0 Å². The van der Waals surface area contributed by atoms with Crippen LogP contribution >= 0.6 is 0 Å². The largest absolute Gasteiger partial charge is 0.374 e. The Morgan fingerprint density at radius 3 is 2.56 bits per heavy atom. The predicted molar refractivity (Wildman–Crippen MR) is 69.0 cm³/mol. The maximum absolute atomic E-state index is 13.2. The van der Waals surface area contributed by atoms with E-state index in [0.29, 0.717) is 11.6 Å². The van der Waals surface area contributed by atoms with Gasteiger partial charge in [-0.1, -0.05) is 0 Å². The van der Waals surface area contributed by atoms with Crippen molar-refractivity contribution >= 4 is 6.34 Å². The number of halogens is 2. The van der Waals surface area contributed by atoms with Crippen LogP contribution in [0, 0.1) is 0 Å². The summed E-state index contributed by atoms with van der Waals surface area (Å²) in [5.74, 6) is -2.87. The lowest BCUT2D eigenvalue weighted by atomic mass is 10.1. The molecule has 100 valence electrons. The van der Waals surface area contributed by atoms with Gasteiger partial charge in [0.15, 0.2) is 0 Å². The van der Waals surface area contributed by atoms with Gasteiger partial charge in [0.05, 0.1) is 12.4 Å². The van der Waals surface area contributed by atoms with Crippen LogP contribution in [-0.4, -0.2) is 17.4 Å². The first-order chi connectivity index (χ1) is 8.30. The normalized spacial score (nSPS) is 14.2. The Balaban J connectivity index is 2.80. The maximum atomic E-state index is 13.2. The highest BCUT2D eigenvalue weighted by molar-refractivity contribution is 5.55. The first kappa shape index (κ1) is 14.5. The lowest BCUT2D eigenvalue weighted by Crippen LogP contribution is -2.20. The number of alkyl halides is 2. The van der Waals surface area contributed by atoms with Crippen molar-refractivity contribution in [3.05, 3.63) is 29.6 Å². The third kappa shape index (κ3) is 4.39. The molecule has 0 radical (unpaired) electrons. The molecule has 3 nitrogen and oxygen atoms in total. The third-order valence-electron chi connectivity index (χ3n) is 2.45. The molecule has 18 heavy (non-hydrogen) atoms. The van der Waals surface area contributed by atoms with Crippen LogP contribution < -0.4 is 5.32 Å². The number of hydrogen-bond acceptors (Lipinski definition) is 2. The van der Waals surface area contributed by atoms with Gasteiger partial charge in [-0.3, -0.25) is 9.98 Å². The molecule has 1 aromatic rings. The fourth-order valence-corrected chi connectivity index (χ4v) is 1.32. The van der Waals surface area contributed by atoms with Crippen LogP contribution in [0.2, 0.25) is 0 Å². The van der Waals surface area contributed by atoms with Crippen LogP contribution in [0.4, 0.5) is 8.78 Å². The molecule has 0 aliphatic carbocycles. The molecule has 1 aromatic heterocycles. The standard InChI is InChI=1S/C13H19F2N3/c1-9(2)17-8-18-10(3)11-5-12(7-16-6-11)13(4,14)15/h5-10H,1-4H3,(H,17,18). The van der Waals surface area contributed by atoms with Gasteiger partial charge in [0.2, 0.25) is 0 Å². The molecule has 1 unspecified atom stereocenters. The molecular formula is C13H19F2N3. The van der Waals surface area contributed by atoms with E-state index in [2.05, 4.69) is 15.3 Å². The van der Waals surface area contributed by atoms with Crippen molar-refractivity contribution in [3.8, 4) is 0 Å². The van der Waals surface area contributed by atoms with Crippen LogP contribution in [0.15, 0.2) is 23.5 Å². The Bertz CT molecular complexity index is 411. The fourth-order valence-electron chi connectivity index (χ4n) is 1.32. The summed E-state index contributed by atoms with van der Waals surface area (Å²) < 4.78 is 26.3. The van der Waals surface area contributed by atoms with E-state index in [4.69, 9.17) is 0 Å². The minimum absolute atomic E-state index is 0.0844. The zero-order valence-electron chi connectivity index (χ0n) is 11.1. The number of nitrogens with one attached hydrogen (secondary N) is 1. The monoisotopic (exact) mass is 255 g/mol. The van der Waals surface area contributed by atoms with Crippen molar-refractivity contribution in [2.45, 2.75) is 45.7 Å². The number of rotatable bonds is 5. The van der Waals surface area contributed by atoms with Gasteiger partial charge in [0.1, 0.15) is 0 Å². The van der Waals surface area contributed by atoms with Crippen molar-refractivity contribution in [2.75, 3.05) is 0 Å². The van der Waals surface area contributed by atoms with E-state index in [1.807, 2.05) is 20.8 Å². The summed E-state index contributed by atoms with van der Waals surface area (Å²) in [5, 5.41) is 3.03. The Kier molecular flexibility index (Phi) is 4.76. The second-order valence-electron chi connectivity index (χ2n) is 4.67. The van der Waals surface area contributed by atoms with Crippen molar-refractivity contribution in [1.29, 1.82) is 0 Å². The van der Waals surface area contributed by atoms with Crippen LogP contribution in [-0.2, 0) is 5.92 Å². The molecular weight excluding hydrogens is 236 g/mol. The van der Waals surface area contributed by atoms with E-state index in [1.54, 1.807) is 12.5 Å². The Hall–Kier alpha value is -1.52. The van der Waals surface area contributed by atoms with Crippen molar-refractivity contribution in [3.63, 3.8) is 0 Å². The first-order valence-corrected chi connectivity index (χ1v) is 5.91. The van der Waals surface area contributed by atoms with Crippen molar-refractivity contribution < 1.29 is 8.78 Å². The second kappa shape index (κ2) is 5.89. The van der Waals surface area contributed by atoms with Gasteiger partial charge in [0.25, 0.3) is 5.92 Å². The predicted octanol–water partition coefficient (Wildman–Crippen LogP) is 3.28. The van der Waals surface area contributed by atoms with Crippen LogP contribution in [0.3, 0.4) is 0 Å². The molecule has 0 aliphatic rings. The first-order valence-electron chi connectivity index (χ1n) is 5.91. The average molecular weight is 255 g/mol. The fraction of sp³-hybridized carbons (Fsp3) is 0.538. The number of hydrogen-bond donors (Lipinski definition) is 1. The zero-order valence-corrected chi connectivity index (χ0v) is 11.1. The molecule has 1 rings (SSSR count). The average Bonchev–Trinajstić information content (AvgIpc) is 2.27. The molecule has 0 saturated heterocycles. The summed E-state index contributed by atoms with van der Waals surface area (Å²) in [6, 6.07) is 1.54. The molecule has 0 bridgehead atoms. The minimum atomic E-state index is -2.87. The van der Waals surface area contributed by atoms with Gasteiger partial charge in [-0.25, -0.2) is 8.78 Å². The molecule has 0 fully saturated rings. The van der Waals surface area contributed by atoms with E-state index >= 15 is 0 Å². The van der Waals surface area contributed by atoms with E-state index in [0.717, 1.165) is 6.92 Å². The van der Waals surface area contributed by atoms with Gasteiger partial charge >= 0.3 is 0 Å². The Morgan fingerprint density at radius 1 is 1.33 bits per heavy atom. The smallest absolute Gasteiger partial charge is 0.272 e. The molecule has 0 spiro atoms. The van der Waals surface area contributed by atoms with Gasteiger partial charge in [0, 0.05) is 30.9 Å². The van der Waals surface area contributed by atoms with Gasteiger partial charge in [-0.05, 0) is 32.4 Å². The van der Waals surface area contributed by atoms with Crippen LogP contribution in [0.1, 0.15) is 44.9 Å². The Labute approximate surface area is 106 Å².